The van der Waals surface area contributed by atoms with Crippen molar-refractivity contribution in [3.05, 3.63) is 29.6 Å². The first-order chi connectivity index (χ1) is 9.19. The molecule has 2 atom stereocenters. The fourth-order valence-corrected chi connectivity index (χ4v) is 2.43. The van der Waals surface area contributed by atoms with Gasteiger partial charge < -0.3 is 21.4 Å². The molecule has 6 heteroatoms. The predicted molar refractivity (Wildman–Crippen MR) is 71.8 cm³/mol. The molecule has 1 fully saturated rings. The van der Waals surface area contributed by atoms with E-state index in [4.69, 9.17) is 10.9 Å². The summed E-state index contributed by atoms with van der Waals surface area (Å²) in [6.07, 6.45) is 4.40. The van der Waals surface area contributed by atoms with Crippen LogP contribution in [0, 0.1) is 5.92 Å². The Balaban J connectivity index is 1.83. The van der Waals surface area contributed by atoms with Gasteiger partial charge in [0.2, 0.25) is 0 Å². The highest BCUT2D eigenvalue weighted by Gasteiger charge is 2.21. The van der Waals surface area contributed by atoms with E-state index in [-0.39, 0.29) is 11.9 Å². The van der Waals surface area contributed by atoms with Crippen molar-refractivity contribution in [2.24, 2.45) is 16.8 Å². The summed E-state index contributed by atoms with van der Waals surface area (Å²) < 4.78 is 0. The van der Waals surface area contributed by atoms with Crippen molar-refractivity contribution in [2.75, 3.05) is 6.54 Å². The molecule has 0 saturated heterocycles. The van der Waals surface area contributed by atoms with Crippen molar-refractivity contribution in [2.45, 2.75) is 31.9 Å². The summed E-state index contributed by atoms with van der Waals surface area (Å²) in [5.41, 5.74) is 7.00. The molecular weight excluding hydrogens is 244 g/mol. The molecule has 19 heavy (non-hydrogen) atoms. The van der Waals surface area contributed by atoms with Crippen molar-refractivity contribution in [1.29, 1.82) is 0 Å². The van der Waals surface area contributed by atoms with Gasteiger partial charge in [-0.25, -0.2) is 0 Å². The molecule has 1 aromatic heterocycles. The molecule has 1 aliphatic carbocycles. The van der Waals surface area contributed by atoms with Crippen LogP contribution in [0.2, 0.25) is 0 Å². The average molecular weight is 264 g/mol. The van der Waals surface area contributed by atoms with Gasteiger partial charge in [-0.15, -0.1) is 0 Å². The van der Waals surface area contributed by atoms with Gasteiger partial charge in [-0.2, -0.15) is 0 Å². The van der Waals surface area contributed by atoms with Crippen molar-refractivity contribution in [1.82, 2.24) is 10.3 Å². The van der Waals surface area contributed by atoms with E-state index in [0.717, 1.165) is 31.4 Å². The molecule has 1 heterocycles. The fourth-order valence-electron chi connectivity index (χ4n) is 2.43. The minimum absolute atomic E-state index is 0.0146. The maximum atomic E-state index is 9.45. The van der Waals surface area contributed by atoms with Crippen LogP contribution in [0.3, 0.4) is 0 Å². The number of nitrogens with two attached hydrogens (primary N) is 1. The Morgan fingerprint density at radius 1 is 1.53 bits per heavy atom. The molecule has 2 unspecified atom stereocenters. The Morgan fingerprint density at radius 2 is 2.37 bits per heavy atom. The number of oxime groups is 1. The lowest BCUT2D eigenvalue weighted by Crippen LogP contribution is -2.22. The smallest absolute Gasteiger partial charge is 0.188 e. The molecule has 104 valence electrons. The SMILES string of the molecule is N/C(=N/O)c1cc(CNCC2CCC(O)C2)ccn1. The van der Waals surface area contributed by atoms with Gasteiger partial charge in [0.05, 0.1) is 6.10 Å². The van der Waals surface area contributed by atoms with E-state index in [1.54, 1.807) is 12.3 Å². The topological polar surface area (TPSA) is 104 Å². The lowest BCUT2D eigenvalue weighted by molar-refractivity contribution is 0.177. The summed E-state index contributed by atoms with van der Waals surface area (Å²) in [7, 11) is 0. The Hall–Kier alpha value is -1.66. The van der Waals surface area contributed by atoms with E-state index in [0.29, 0.717) is 18.2 Å². The van der Waals surface area contributed by atoms with Crippen LogP contribution in [-0.2, 0) is 6.54 Å². The quantitative estimate of drug-likeness (QED) is 0.267. The summed E-state index contributed by atoms with van der Waals surface area (Å²) >= 11 is 0. The number of rotatable bonds is 5. The maximum Gasteiger partial charge on any atom is 0.188 e. The molecule has 0 spiro atoms. The maximum absolute atomic E-state index is 9.45. The standard InChI is InChI=1S/C13H20N4O2/c14-13(17-19)12-6-10(3-4-16-12)8-15-7-9-1-2-11(18)5-9/h3-4,6,9,11,15,18-19H,1-2,5,7-8H2,(H2,14,17). The second-order valence-electron chi connectivity index (χ2n) is 5.00. The molecule has 0 amide bonds. The average Bonchev–Trinajstić information content (AvgIpc) is 2.84. The first kappa shape index (κ1) is 13.8. The first-order valence-electron chi connectivity index (χ1n) is 6.50. The number of hydrogen-bond acceptors (Lipinski definition) is 5. The van der Waals surface area contributed by atoms with Crippen LogP contribution in [0.1, 0.15) is 30.5 Å². The van der Waals surface area contributed by atoms with E-state index >= 15 is 0 Å². The van der Waals surface area contributed by atoms with Gasteiger partial charge in [0, 0.05) is 12.7 Å². The van der Waals surface area contributed by atoms with Crippen LogP contribution in [0.5, 0.6) is 0 Å². The summed E-state index contributed by atoms with van der Waals surface area (Å²) in [4.78, 5) is 4.03. The zero-order valence-corrected chi connectivity index (χ0v) is 10.8. The van der Waals surface area contributed by atoms with Crippen LogP contribution in [0.25, 0.3) is 0 Å². The molecule has 0 radical (unpaired) electrons. The van der Waals surface area contributed by atoms with Gasteiger partial charge in [0.25, 0.3) is 0 Å². The number of aromatic nitrogens is 1. The van der Waals surface area contributed by atoms with E-state index in [9.17, 15) is 5.11 Å². The number of amidine groups is 1. The lowest BCUT2D eigenvalue weighted by Gasteiger charge is -2.11. The Bertz CT molecular complexity index is 450. The van der Waals surface area contributed by atoms with Crippen molar-refractivity contribution >= 4 is 5.84 Å². The number of pyridine rings is 1. The number of nitrogens with zero attached hydrogens (tertiary/aromatic N) is 2. The van der Waals surface area contributed by atoms with E-state index in [1.807, 2.05) is 6.07 Å². The van der Waals surface area contributed by atoms with Crippen LogP contribution < -0.4 is 11.1 Å². The number of aliphatic hydroxyl groups excluding tert-OH is 1. The molecule has 6 nitrogen and oxygen atoms in total. The summed E-state index contributed by atoms with van der Waals surface area (Å²) in [5.74, 6) is 0.571. The van der Waals surface area contributed by atoms with E-state index < -0.39 is 0 Å². The van der Waals surface area contributed by atoms with Gasteiger partial charge in [-0.05, 0) is 49.4 Å². The van der Waals surface area contributed by atoms with Crippen LogP contribution in [0.15, 0.2) is 23.5 Å². The highest BCUT2D eigenvalue weighted by atomic mass is 16.4. The second kappa shape index (κ2) is 6.49. The lowest BCUT2D eigenvalue weighted by atomic mass is 10.1. The second-order valence-corrected chi connectivity index (χ2v) is 5.00. The van der Waals surface area contributed by atoms with Crippen LogP contribution in [0.4, 0.5) is 0 Å². The third kappa shape index (κ3) is 3.90. The number of aliphatic hydroxyl groups is 1. The zero-order chi connectivity index (χ0) is 13.7. The molecule has 0 bridgehead atoms. The minimum atomic E-state index is -0.125. The molecule has 1 aromatic rings. The molecule has 1 aliphatic rings. The largest absolute Gasteiger partial charge is 0.409 e. The minimum Gasteiger partial charge on any atom is -0.409 e. The Morgan fingerprint density at radius 3 is 3.05 bits per heavy atom. The summed E-state index contributed by atoms with van der Waals surface area (Å²) in [5, 5.41) is 24.4. The van der Waals surface area contributed by atoms with Crippen molar-refractivity contribution in [3.63, 3.8) is 0 Å². The van der Waals surface area contributed by atoms with Crippen molar-refractivity contribution in [3.8, 4) is 0 Å². The Labute approximate surface area is 112 Å². The van der Waals surface area contributed by atoms with Crippen LogP contribution in [-0.4, -0.2) is 33.8 Å². The predicted octanol–water partition coefficient (Wildman–Crippen LogP) is 0.427. The molecule has 0 aromatic carbocycles. The normalized spacial score (nSPS) is 23.7. The number of hydrogen-bond donors (Lipinski definition) is 4. The summed E-state index contributed by atoms with van der Waals surface area (Å²) in [6, 6.07) is 3.69. The molecular formula is C13H20N4O2. The highest BCUT2D eigenvalue weighted by Crippen LogP contribution is 2.24. The van der Waals surface area contributed by atoms with E-state index in [1.165, 1.54) is 0 Å². The first-order valence-corrected chi connectivity index (χ1v) is 6.50. The third-order valence-electron chi connectivity index (χ3n) is 3.47. The van der Waals surface area contributed by atoms with E-state index in [2.05, 4.69) is 15.5 Å². The molecule has 5 N–H and O–H groups in total. The zero-order valence-electron chi connectivity index (χ0n) is 10.8. The van der Waals surface area contributed by atoms with Gasteiger partial charge in [0.1, 0.15) is 5.69 Å². The molecule has 0 aliphatic heterocycles. The fraction of sp³-hybridized carbons (Fsp3) is 0.538. The van der Waals surface area contributed by atoms with Gasteiger partial charge >= 0.3 is 0 Å². The van der Waals surface area contributed by atoms with Gasteiger partial charge in [0.15, 0.2) is 5.84 Å². The van der Waals surface area contributed by atoms with Crippen LogP contribution >= 0.6 is 0 Å². The molecule has 1 saturated carbocycles. The summed E-state index contributed by atoms with van der Waals surface area (Å²) in [6.45, 7) is 1.61. The third-order valence-corrected chi connectivity index (χ3v) is 3.47. The highest BCUT2D eigenvalue weighted by molar-refractivity contribution is 5.95. The Kier molecular flexibility index (Phi) is 4.70. The van der Waals surface area contributed by atoms with Gasteiger partial charge in [-0.3, -0.25) is 4.98 Å². The monoisotopic (exact) mass is 264 g/mol. The molecule has 2 rings (SSSR count). The van der Waals surface area contributed by atoms with Crippen molar-refractivity contribution < 1.29 is 10.3 Å². The van der Waals surface area contributed by atoms with Gasteiger partial charge in [-0.1, -0.05) is 5.16 Å². The number of nitrogens with one attached hydrogen (secondary N) is 1.